The molecule has 0 unspecified atom stereocenters. The van der Waals surface area contributed by atoms with Crippen molar-refractivity contribution in [2.24, 2.45) is 0 Å². The number of rotatable bonds is 6. The smallest absolute Gasteiger partial charge is 0.246 e. The summed E-state index contributed by atoms with van der Waals surface area (Å²) in [6.45, 7) is 2.64. The van der Waals surface area contributed by atoms with Crippen molar-refractivity contribution in [3.63, 3.8) is 0 Å². The van der Waals surface area contributed by atoms with Crippen LogP contribution in [0.5, 0.6) is 5.75 Å². The van der Waals surface area contributed by atoms with Crippen LogP contribution < -0.4 is 10.1 Å². The number of thiazole rings is 1. The number of amides is 1. The number of hydrogen-bond acceptors (Lipinski definition) is 4. The van der Waals surface area contributed by atoms with E-state index in [1.54, 1.807) is 0 Å². The second kappa shape index (κ2) is 7.63. The Balaban J connectivity index is 1.47. The number of fused-ring (bicyclic) bond motifs is 1. The van der Waals surface area contributed by atoms with Crippen LogP contribution in [0, 0.1) is 6.92 Å². The van der Waals surface area contributed by atoms with Crippen molar-refractivity contribution in [3.8, 4) is 5.75 Å². The van der Waals surface area contributed by atoms with Gasteiger partial charge in [-0.25, -0.2) is 4.98 Å². The van der Waals surface area contributed by atoms with E-state index in [0.29, 0.717) is 11.7 Å². The van der Waals surface area contributed by atoms with Crippen LogP contribution >= 0.6 is 11.3 Å². The number of ether oxygens (including phenoxy) is 1. The Morgan fingerprint density at radius 2 is 2.04 bits per heavy atom. The maximum atomic E-state index is 12.3. The first-order chi connectivity index (χ1) is 13.2. The average molecular weight is 377 g/mol. The Morgan fingerprint density at radius 1 is 1.19 bits per heavy atom. The van der Waals surface area contributed by atoms with Crippen LogP contribution in [0.25, 0.3) is 10.9 Å². The maximum Gasteiger partial charge on any atom is 0.246 e. The largest absolute Gasteiger partial charge is 0.489 e. The summed E-state index contributed by atoms with van der Waals surface area (Å²) in [5.74, 6) is 0.680. The highest BCUT2D eigenvalue weighted by Gasteiger charge is 2.09. The molecule has 4 rings (SSSR count). The molecule has 27 heavy (non-hydrogen) atoms. The Labute approximate surface area is 161 Å². The molecule has 0 aliphatic heterocycles. The van der Waals surface area contributed by atoms with Crippen molar-refractivity contribution < 1.29 is 9.53 Å². The summed E-state index contributed by atoms with van der Waals surface area (Å²) in [5.41, 5.74) is 2.99. The van der Waals surface area contributed by atoms with Gasteiger partial charge in [-0.05, 0) is 36.1 Å². The molecule has 4 aromatic rings. The fraction of sp³-hybridized carbons (Fsp3) is 0.143. The molecule has 2 aromatic heterocycles. The van der Waals surface area contributed by atoms with Gasteiger partial charge in [0.05, 0.1) is 11.2 Å². The summed E-state index contributed by atoms with van der Waals surface area (Å²) in [6.07, 6.45) is 1.92. The zero-order chi connectivity index (χ0) is 18.6. The van der Waals surface area contributed by atoms with E-state index in [4.69, 9.17) is 4.74 Å². The summed E-state index contributed by atoms with van der Waals surface area (Å²) in [7, 11) is 0. The number of carbonyl (C=O) groups is 1. The third kappa shape index (κ3) is 4.17. The Bertz CT molecular complexity index is 1070. The summed E-state index contributed by atoms with van der Waals surface area (Å²) in [6, 6.07) is 18.0. The first kappa shape index (κ1) is 17.3. The maximum absolute atomic E-state index is 12.3. The third-order valence-corrected chi connectivity index (χ3v) is 5.05. The summed E-state index contributed by atoms with van der Waals surface area (Å²) in [4.78, 5) is 16.6. The van der Waals surface area contributed by atoms with Gasteiger partial charge < -0.3 is 14.6 Å². The Morgan fingerprint density at radius 3 is 2.81 bits per heavy atom. The first-order valence-corrected chi connectivity index (χ1v) is 9.53. The van der Waals surface area contributed by atoms with E-state index in [-0.39, 0.29) is 12.5 Å². The minimum absolute atomic E-state index is 0.0996. The summed E-state index contributed by atoms with van der Waals surface area (Å²) < 4.78 is 7.82. The minimum atomic E-state index is -0.0996. The highest BCUT2D eigenvalue weighted by Crippen LogP contribution is 2.23. The quantitative estimate of drug-likeness (QED) is 0.533. The van der Waals surface area contributed by atoms with Gasteiger partial charge in [0, 0.05) is 17.6 Å². The number of anilines is 1. The molecular weight excluding hydrogens is 358 g/mol. The van der Waals surface area contributed by atoms with Crippen LogP contribution in [0.2, 0.25) is 0 Å². The zero-order valence-corrected chi connectivity index (χ0v) is 15.7. The first-order valence-electron chi connectivity index (χ1n) is 8.65. The van der Waals surface area contributed by atoms with Gasteiger partial charge in [0.2, 0.25) is 5.91 Å². The van der Waals surface area contributed by atoms with Crippen LogP contribution in [0.1, 0.15) is 11.3 Å². The lowest BCUT2D eigenvalue weighted by Crippen LogP contribution is -2.18. The second-order valence-electron chi connectivity index (χ2n) is 6.28. The standard InChI is InChI=1S/C21H19N3O2S/c1-15-14-27-21(22-15)23-20(25)12-24-10-9-17-7-8-18(11-19(17)24)26-13-16-5-3-2-4-6-16/h2-11,14H,12-13H2,1H3,(H,22,23,25). The lowest BCUT2D eigenvalue weighted by Gasteiger charge is -2.09. The topological polar surface area (TPSA) is 56.2 Å². The summed E-state index contributed by atoms with van der Waals surface area (Å²) in [5, 5.41) is 6.45. The molecule has 2 aromatic carbocycles. The zero-order valence-electron chi connectivity index (χ0n) is 14.9. The molecule has 0 fully saturated rings. The monoisotopic (exact) mass is 377 g/mol. The van der Waals surface area contributed by atoms with E-state index in [1.165, 1.54) is 11.3 Å². The van der Waals surface area contributed by atoms with Gasteiger partial charge in [-0.3, -0.25) is 4.79 Å². The Hall–Kier alpha value is -3.12. The molecule has 0 atom stereocenters. The van der Waals surface area contributed by atoms with Gasteiger partial charge in [-0.15, -0.1) is 11.3 Å². The summed E-state index contributed by atoms with van der Waals surface area (Å²) >= 11 is 1.43. The predicted molar refractivity (Wildman–Crippen MR) is 108 cm³/mol. The van der Waals surface area contributed by atoms with Crippen LogP contribution in [0.3, 0.4) is 0 Å². The van der Waals surface area contributed by atoms with E-state index in [0.717, 1.165) is 27.9 Å². The molecule has 6 heteroatoms. The molecule has 0 aliphatic rings. The molecule has 0 spiro atoms. The predicted octanol–water partition coefficient (Wildman–Crippen LogP) is 4.62. The van der Waals surface area contributed by atoms with Gasteiger partial charge in [0.15, 0.2) is 5.13 Å². The molecule has 0 bridgehead atoms. The van der Waals surface area contributed by atoms with Gasteiger partial charge >= 0.3 is 0 Å². The van der Waals surface area contributed by atoms with Crippen molar-refractivity contribution in [2.75, 3.05) is 5.32 Å². The van der Waals surface area contributed by atoms with Gasteiger partial charge in [-0.2, -0.15) is 0 Å². The molecule has 1 amide bonds. The molecule has 0 radical (unpaired) electrons. The van der Waals surface area contributed by atoms with E-state index < -0.39 is 0 Å². The van der Waals surface area contributed by atoms with Crippen LogP contribution in [0.15, 0.2) is 66.2 Å². The van der Waals surface area contributed by atoms with Crippen molar-refractivity contribution in [2.45, 2.75) is 20.1 Å². The third-order valence-electron chi connectivity index (χ3n) is 4.17. The molecule has 5 nitrogen and oxygen atoms in total. The highest BCUT2D eigenvalue weighted by molar-refractivity contribution is 7.13. The number of carbonyl (C=O) groups excluding carboxylic acids is 1. The number of aromatic nitrogens is 2. The molecule has 0 saturated carbocycles. The van der Waals surface area contributed by atoms with Gasteiger partial charge in [0.25, 0.3) is 0 Å². The van der Waals surface area contributed by atoms with Crippen molar-refractivity contribution in [1.29, 1.82) is 0 Å². The van der Waals surface area contributed by atoms with Crippen LogP contribution in [0.4, 0.5) is 5.13 Å². The van der Waals surface area contributed by atoms with Crippen molar-refractivity contribution in [3.05, 3.63) is 77.4 Å². The fourth-order valence-corrected chi connectivity index (χ4v) is 3.56. The number of nitrogens with zero attached hydrogens (tertiary/aromatic N) is 2. The fourth-order valence-electron chi connectivity index (χ4n) is 2.86. The highest BCUT2D eigenvalue weighted by atomic mass is 32.1. The molecule has 0 aliphatic carbocycles. The number of aryl methyl sites for hydroxylation is 1. The van der Waals surface area contributed by atoms with E-state index in [9.17, 15) is 4.79 Å². The molecule has 2 heterocycles. The molecule has 1 N–H and O–H groups in total. The van der Waals surface area contributed by atoms with Gasteiger partial charge in [-0.1, -0.05) is 30.3 Å². The minimum Gasteiger partial charge on any atom is -0.489 e. The number of nitrogens with one attached hydrogen (secondary N) is 1. The lowest BCUT2D eigenvalue weighted by atomic mass is 10.2. The molecule has 0 saturated heterocycles. The van der Waals surface area contributed by atoms with E-state index >= 15 is 0 Å². The number of hydrogen-bond donors (Lipinski definition) is 1. The number of benzene rings is 2. The molecule has 136 valence electrons. The SMILES string of the molecule is Cc1csc(NC(=O)Cn2ccc3ccc(OCc4ccccc4)cc32)n1. The molecular formula is C21H19N3O2S. The van der Waals surface area contributed by atoms with Gasteiger partial charge in [0.1, 0.15) is 18.9 Å². The Kier molecular flexibility index (Phi) is 4.89. The van der Waals surface area contributed by atoms with E-state index in [1.807, 2.05) is 77.7 Å². The van der Waals surface area contributed by atoms with Crippen molar-refractivity contribution in [1.82, 2.24) is 9.55 Å². The normalized spacial score (nSPS) is 10.9. The second-order valence-corrected chi connectivity index (χ2v) is 7.14. The van der Waals surface area contributed by atoms with Crippen LogP contribution in [-0.4, -0.2) is 15.5 Å². The van der Waals surface area contributed by atoms with E-state index in [2.05, 4.69) is 10.3 Å². The van der Waals surface area contributed by atoms with Crippen molar-refractivity contribution >= 4 is 33.3 Å². The lowest BCUT2D eigenvalue weighted by molar-refractivity contribution is -0.116. The average Bonchev–Trinajstić information content (AvgIpc) is 3.27. The van der Waals surface area contributed by atoms with Crippen LogP contribution in [-0.2, 0) is 17.9 Å².